The van der Waals surface area contributed by atoms with Crippen LogP contribution in [0.15, 0.2) is 48.5 Å². The lowest BCUT2D eigenvalue weighted by Gasteiger charge is -2.28. The summed E-state index contributed by atoms with van der Waals surface area (Å²) in [5, 5.41) is 6.80. The van der Waals surface area contributed by atoms with Crippen molar-refractivity contribution in [3.05, 3.63) is 65.7 Å². The fourth-order valence-electron chi connectivity index (χ4n) is 3.88. The molecular weight excluding hydrogens is 393 g/mol. The second-order valence-corrected chi connectivity index (χ2v) is 8.35. The molecule has 160 valence electrons. The van der Waals surface area contributed by atoms with Gasteiger partial charge < -0.3 is 20.1 Å². The van der Waals surface area contributed by atoms with Crippen molar-refractivity contribution in [3.63, 3.8) is 0 Å². The van der Waals surface area contributed by atoms with Crippen molar-refractivity contribution in [2.45, 2.75) is 38.9 Å². The summed E-state index contributed by atoms with van der Waals surface area (Å²) in [6, 6.07) is 15.1. The third-order valence-corrected chi connectivity index (χ3v) is 5.88. The summed E-state index contributed by atoms with van der Waals surface area (Å²) in [6.45, 7) is 4.20. The first kappa shape index (κ1) is 19.8. The molecule has 1 fully saturated rings. The second kappa shape index (κ2) is 8.15. The van der Waals surface area contributed by atoms with Crippen LogP contribution in [0, 0.1) is 12.7 Å². The van der Waals surface area contributed by atoms with Crippen LogP contribution >= 0.6 is 0 Å². The van der Waals surface area contributed by atoms with Crippen LogP contribution in [0.4, 0.5) is 15.9 Å². The number of aryl methyl sites for hydroxylation is 1. The number of hydrogen-bond donors (Lipinski definition) is 2. The number of hydrogen-bond acceptors (Lipinski definition) is 4. The van der Waals surface area contributed by atoms with Gasteiger partial charge in [-0.1, -0.05) is 17.7 Å². The zero-order valence-electron chi connectivity index (χ0n) is 17.6. The number of fused-ring (bicyclic) bond motifs is 1. The van der Waals surface area contributed by atoms with Gasteiger partial charge >= 0.3 is 0 Å². The van der Waals surface area contributed by atoms with Crippen molar-refractivity contribution in [1.82, 2.24) is 19.8 Å². The third kappa shape index (κ3) is 4.32. The molecule has 1 amide bonds. The Labute approximate surface area is 181 Å². The van der Waals surface area contributed by atoms with Crippen molar-refractivity contribution in [2.24, 2.45) is 0 Å². The predicted molar refractivity (Wildman–Crippen MR) is 119 cm³/mol. The van der Waals surface area contributed by atoms with E-state index >= 15 is 0 Å². The zero-order valence-corrected chi connectivity index (χ0v) is 17.6. The molecule has 1 saturated carbocycles. The lowest BCUT2D eigenvalue weighted by Crippen LogP contribution is -2.43. The van der Waals surface area contributed by atoms with Crippen LogP contribution in [-0.4, -0.2) is 39.5 Å². The molecule has 31 heavy (non-hydrogen) atoms. The molecule has 0 saturated heterocycles. The monoisotopic (exact) mass is 419 g/mol. The van der Waals surface area contributed by atoms with Gasteiger partial charge in [0.2, 0.25) is 5.91 Å². The maximum Gasteiger partial charge on any atom is 0.237 e. The SMILES string of the molecule is Cc1ccc(Nc2c(-c3ccc(F)cc3)nc3n2CCN(C(=O)CNC2CC2)C3)cc1. The number of amides is 1. The molecule has 1 aliphatic carbocycles. The highest BCUT2D eigenvalue weighted by Gasteiger charge is 2.28. The Bertz CT molecular complexity index is 1090. The van der Waals surface area contributed by atoms with Crippen LogP contribution in [0.5, 0.6) is 0 Å². The van der Waals surface area contributed by atoms with Crippen LogP contribution in [0.1, 0.15) is 24.2 Å². The molecule has 2 heterocycles. The Morgan fingerprint density at radius 3 is 2.55 bits per heavy atom. The highest BCUT2D eigenvalue weighted by Crippen LogP contribution is 2.33. The fraction of sp³-hybridized carbons (Fsp3) is 0.333. The predicted octanol–water partition coefficient (Wildman–Crippen LogP) is 3.84. The number of nitrogens with zero attached hydrogens (tertiary/aromatic N) is 3. The van der Waals surface area contributed by atoms with Gasteiger partial charge in [0.25, 0.3) is 0 Å². The van der Waals surface area contributed by atoms with Crippen molar-refractivity contribution in [1.29, 1.82) is 0 Å². The van der Waals surface area contributed by atoms with E-state index < -0.39 is 0 Å². The Morgan fingerprint density at radius 1 is 1.10 bits per heavy atom. The second-order valence-electron chi connectivity index (χ2n) is 8.35. The van der Waals surface area contributed by atoms with E-state index in [2.05, 4.69) is 34.3 Å². The van der Waals surface area contributed by atoms with E-state index in [-0.39, 0.29) is 11.7 Å². The Kier molecular flexibility index (Phi) is 5.19. The minimum Gasteiger partial charge on any atom is -0.340 e. The molecule has 6 nitrogen and oxygen atoms in total. The number of aromatic nitrogens is 2. The van der Waals surface area contributed by atoms with E-state index in [0.29, 0.717) is 32.2 Å². The molecule has 3 aromatic rings. The van der Waals surface area contributed by atoms with Crippen molar-refractivity contribution in [2.75, 3.05) is 18.4 Å². The minimum atomic E-state index is -0.277. The van der Waals surface area contributed by atoms with E-state index in [1.807, 2.05) is 17.0 Å². The summed E-state index contributed by atoms with van der Waals surface area (Å²) in [4.78, 5) is 19.4. The molecule has 0 atom stereocenters. The van der Waals surface area contributed by atoms with Gasteiger partial charge in [0.1, 0.15) is 23.2 Å². The van der Waals surface area contributed by atoms with Gasteiger partial charge in [0.05, 0.1) is 13.1 Å². The maximum absolute atomic E-state index is 13.5. The van der Waals surface area contributed by atoms with Gasteiger partial charge in [0, 0.05) is 30.4 Å². The molecule has 2 N–H and O–H groups in total. The first-order valence-electron chi connectivity index (χ1n) is 10.8. The Balaban J connectivity index is 1.45. The largest absolute Gasteiger partial charge is 0.340 e. The van der Waals surface area contributed by atoms with Crippen LogP contribution in [0.3, 0.4) is 0 Å². The van der Waals surface area contributed by atoms with Crippen LogP contribution in [0.2, 0.25) is 0 Å². The van der Waals surface area contributed by atoms with Gasteiger partial charge in [-0.15, -0.1) is 0 Å². The molecule has 0 radical (unpaired) electrons. The maximum atomic E-state index is 13.5. The quantitative estimate of drug-likeness (QED) is 0.637. The van der Waals surface area contributed by atoms with E-state index in [1.54, 1.807) is 12.1 Å². The summed E-state index contributed by atoms with van der Waals surface area (Å²) >= 11 is 0. The summed E-state index contributed by atoms with van der Waals surface area (Å²) in [5.74, 6) is 1.53. The van der Waals surface area contributed by atoms with Gasteiger partial charge in [-0.25, -0.2) is 9.37 Å². The van der Waals surface area contributed by atoms with E-state index in [0.717, 1.165) is 41.4 Å². The molecule has 2 aromatic carbocycles. The fourth-order valence-corrected chi connectivity index (χ4v) is 3.88. The van der Waals surface area contributed by atoms with Gasteiger partial charge in [-0.3, -0.25) is 4.79 Å². The van der Waals surface area contributed by atoms with Gasteiger partial charge in [-0.2, -0.15) is 0 Å². The van der Waals surface area contributed by atoms with Gasteiger partial charge in [-0.05, 0) is 56.2 Å². The molecular formula is C24H26FN5O. The lowest BCUT2D eigenvalue weighted by atomic mass is 10.1. The molecule has 0 unspecified atom stereocenters. The van der Waals surface area contributed by atoms with Crippen molar-refractivity contribution < 1.29 is 9.18 Å². The van der Waals surface area contributed by atoms with Crippen molar-refractivity contribution >= 4 is 17.4 Å². The van der Waals surface area contributed by atoms with E-state index in [4.69, 9.17) is 4.98 Å². The Hall–Kier alpha value is -3.19. The normalized spacial score (nSPS) is 15.6. The van der Waals surface area contributed by atoms with Crippen molar-refractivity contribution in [3.8, 4) is 11.3 Å². The van der Waals surface area contributed by atoms with Crippen LogP contribution in [-0.2, 0) is 17.9 Å². The number of imidazole rings is 1. The number of halogens is 1. The third-order valence-electron chi connectivity index (χ3n) is 5.88. The minimum absolute atomic E-state index is 0.109. The molecule has 1 aliphatic heterocycles. The average molecular weight is 420 g/mol. The first-order valence-corrected chi connectivity index (χ1v) is 10.8. The molecule has 0 spiro atoms. The summed E-state index contributed by atoms with van der Waals surface area (Å²) in [6.07, 6.45) is 2.32. The number of rotatable bonds is 6. The standard InChI is InChI=1S/C24H26FN5O/c1-16-2-8-20(9-3-16)27-24-23(17-4-6-18(25)7-5-17)28-21-15-29(12-13-30(21)24)22(31)14-26-19-10-11-19/h2-9,19,26-27H,10-15H2,1H3. The average Bonchev–Trinajstić information content (AvgIpc) is 3.55. The van der Waals surface area contributed by atoms with E-state index in [9.17, 15) is 9.18 Å². The molecule has 5 rings (SSSR count). The van der Waals surface area contributed by atoms with Crippen LogP contribution in [0.25, 0.3) is 11.3 Å². The number of carbonyl (C=O) groups excluding carboxylic acids is 1. The molecule has 1 aromatic heterocycles. The molecule has 0 bridgehead atoms. The van der Waals surface area contributed by atoms with Gasteiger partial charge in [0.15, 0.2) is 0 Å². The summed E-state index contributed by atoms with van der Waals surface area (Å²) < 4.78 is 15.6. The zero-order chi connectivity index (χ0) is 21.4. The topological polar surface area (TPSA) is 62.2 Å². The molecule has 2 aliphatic rings. The summed E-state index contributed by atoms with van der Waals surface area (Å²) in [7, 11) is 0. The highest BCUT2D eigenvalue weighted by atomic mass is 19.1. The lowest BCUT2D eigenvalue weighted by molar-refractivity contribution is -0.131. The number of carbonyl (C=O) groups is 1. The molecule has 7 heteroatoms. The smallest absolute Gasteiger partial charge is 0.237 e. The number of anilines is 2. The van der Waals surface area contributed by atoms with E-state index in [1.165, 1.54) is 17.7 Å². The van der Waals surface area contributed by atoms with Crippen LogP contribution < -0.4 is 10.6 Å². The number of nitrogens with one attached hydrogen (secondary N) is 2. The Morgan fingerprint density at radius 2 is 1.84 bits per heavy atom. The first-order chi connectivity index (χ1) is 15.1. The summed E-state index contributed by atoms with van der Waals surface area (Å²) in [5.41, 5.74) is 3.75. The number of benzene rings is 2. The highest BCUT2D eigenvalue weighted by molar-refractivity contribution is 5.79.